The number of pyridine rings is 1. The molecule has 0 saturated carbocycles. The van der Waals surface area contributed by atoms with Crippen molar-refractivity contribution in [2.24, 2.45) is 0 Å². The van der Waals surface area contributed by atoms with Crippen LogP contribution in [0.2, 0.25) is 0 Å². The smallest absolute Gasteiger partial charge is 0.255 e. The first-order valence-corrected chi connectivity index (χ1v) is 8.46. The summed E-state index contributed by atoms with van der Waals surface area (Å²) in [6.07, 6.45) is 1.63. The maximum Gasteiger partial charge on any atom is 0.255 e. The van der Waals surface area contributed by atoms with Crippen molar-refractivity contribution in [1.29, 1.82) is 0 Å². The molecule has 0 unspecified atom stereocenters. The van der Waals surface area contributed by atoms with E-state index in [-0.39, 0.29) is 11.8 Å². The zero-order valence-electron chi connectivity index (χ0n) is 14.7. The minimum atomic E-state index is -0.0288. The zero-order chi connectivity index (χ0) is 18.1. The van der Waals surface area contributed by atoms with Gasteiger partial charge in [0.15, 0.2) is 5.82 Å². The molecule has 1 aliphatic heterocycles. The van der Waals surface area contributed by atoms with Crippen LogP contribution in [0.1, 0.15) is 28.0 Å². The molecule has 0 aliphatic carbocycles. The van der Waals surface area contributed by atoms with Gasteiger partial charge in [-0.15, -0.1) is 0 Å². The quantitative estimate of drug-likeness (QED) is 0.721. The van der Waals surface area contributed by atoms with E-state index in [0.29, 0.717) is 30.4 Å². The van der Waals surface area contributed by atoms with Crippen LogP contribution in [0.15, 0.2) is 53.2 Å². The van der Waals surface area contributed by atoms with Crippen molar-refractivity contribution in [3.05, 3.63) is 65.9 Å². The van der Waals surface area contributed by atoms with Crippen molar-refractivity contribution in [2.75, 3.05) is 25.0 Å². The molecule has 0 spiro atoms. The molecular formula is C19H19N5O2. The Bertz CT molecular complexity index is 901. The highest BCUT2D eigenvalue weighted by Gasteiger charge is 2.35. The van der Waals surface area contributed by atoms with Crippen molar-refractivity contribution in [1.82, 2.24) is 20.0 Å². The Morgan fingerprint density at radius 2 is 1.96 bits per heavy atom. The van der Waals surface area contributed by atoms with Crippen LogP contribution in [0.4, 0.5) is 11.5 Å². The topological polar surface area (TPSA) is 75.4 Å². The van der Waals surface area contributed by atoms with Crippen molar-refractivity contribution >= 4 is 17.4 Å². The standard InChI is InChI=1S/C19H19N5O2/c1-13-21-18(26-22-13)15-11-24(12-15)19(25)14-8-9-17(20-10-14)23(2)16-6-4-3-5-7-16/h3-10,15H,11-12H2,1-2H3. The first-order valence-electron chi connectivity index (χ1n) is 8.46. The van der Waals surface area contributed by atoms with Gasteiger partial charge in [0.1, 0.15) is 5.82 Å². The zero-order valence-corrected chi connectivity index (χ0v) is 14.7. The first-order chi connectivity index (χ1) is 12.6. The highest BCUT2D eigenvalue weighted by Crippen LogP contribution is 2.27. The molecule has 0 bridgehead atoms. The lowest BCUT2D eigenvalue weighted by molar-refractivity contribution is 0.0569. The van der Waals surface area contributed by atoms with E-state index in [1.807, 2.05) is 54.4 Å². The molecule has 3 heterocycles. The predicted molar refractivity (Wildman–Crippen MR) is 96.4 cm³/mol. The molecule has 1 aromatic carbocycles. The molecule has 1 saturated heterocycles. The van der Waals surface area contributed by atoms with Gasteiger partial charge < -0.3 is 14.3 Å². The van der Waals surface area contributed by atoms with Crippen LogP contribution in [0.25, 0.3) is 0 Å². The third-order valence-electron chi connectivity index (χ3n) is 4.54. The van der Waals surface area contributed by atoms with Gasteiger partial charge in [-0.25, -0.2) is 4.98 Å². The van der Waals surface area contributed by atoms with Crippen molar-refractivity contribution in [2.45, 2.75) is 12.8 Å². The number of amides is 1. The normalized spacial score (nSPS) is 14.2. The number of aromatic nitrogens is 3. The molecule has 7 nitrogen and oxygen atoms in total. The minimum absolute atomic E-state index is 0.0288. The van der Waals surface area contributed by atoms with Gasteiger partial charge in [-0.2, -0.15) is 4.98 Å². The number of carbonyl (C=O) groups is 1. The van der Waals surface area contributed by atoms with Gasteiger partial charge in [0.25, 0.3) is 5.91 Å². The summed E-state index contributed by atoms with van der Waals surface area (Å²) in [5.74, 6) is 2.10. The molecule has 0 radical (unpaired) electrons. The number of para-hydroxylation sites is 1. The lowest BCUT2D eigenvalue weighted by Crippen LogP contribution is -2.48. The number of hydrogen-bond donors (Lipinski definition) is 0. The van der Waals surface area contributed by atoms with E-state index in [1.165, 1.54) is 0 Å². The summed E-state index contributed by atoms with van der Waals surface area (Å²) in [6.45, 7) is 2.96. The van der Waals surface area contributed by atoms with Crippen LogP contribution in [-0.4, -0.2) is 46.1 Å². The average Bonchev–Trinajstić information content (AvgIpc) is 3.06. The van der Waals surface area contributed by atoms with Gasteiger partial charge >= 0.3 is 0 Å². The molecule has 2 aromatic heterocycles. The van der Waals surface area contributed by atoms with Crippen LogP contribution in [0, 0.1) is 6.92 Å². The third kappa shape index (κ3) is 3.03. The summed E-state index contributed by atoms with van der Waals surface area (Å²) < 4.78 is 5.17. The maximum absolute atomic E-state index is 12.6. The Balaban J connectivity index is 1.40. The molecule has 1 amide bonds. The first kappa shape index (κ1) is 16.3. The average molecular weight is 349 g/mol. The van der Waals surface area contributed by atoms with E-state index >= 15 is 0 Å². The SMILES string of the molecule is Cc1noc(C2CN(C(=O)c3ccc(N(C)c4ccccc4)nc3)C2)n1. The Kier molecular flexibility index (Phi) is 4.12. The van der Waals surface area contributed by atoms with Crippen LogP contribution in [0.3, 0.4) is 0 Å². The monoisotopic (exact) mass is 349 g/mol. The molecule has 0 N–H and O–H groups in total. The Hall–Kier alpha value is -3.22. The van der Waals surface area contributed by atoms with E-state index in [0.717, 1.165) is 11.5 Å². The second-order valence-corrected chi connectivity index (χ2v) is 6.39. The molecule has 26 heavy (non-hydrogen) atoms. The molecule has 0 atom stereocenters. The van der Waals surface area contributed by atoms with Crippen LogP contribution >= 0.6 is 0 Å². The van der Waals surface area contributed by atoms with Gasteiger partial charge in [-0.1, -0.05) is 23.4 Å². The molecule has 1 aliphatic rings. The van der Waals surface area contributed by atoms with Gasteiger partial charge in [-0.05, 0) is 31.2 Å². The summed E-state index contributed by atoms with van der Waals surface area (Å²) in [4.78, 5) is 25.0. The summed E-state index contributed by atoms with van der Waals surface area (Å²) in [7, 11) is 1.95. The van der Waals surface area contributed by atoms with Crippen molar-refractivity contribution in [3.63, 3.8) is 0 Å². The van der Waals surface area contributed by atoms with E-state index in [2.05, 4.69) is 15.1 Å². The van der Waals surface area contributed by atoms with Crippen molar-refractivity contribution < 1.29 is 9.32 Å². The maximum atomic E-state index is 12.6. The predicted octanol–water partition coefficient (Wildman–Crippen LogP) is 2.78. The minimum Gasteiger partial charge on any atom is -0.339 e. The van der Waals surface area contributed by atoms with Crippen LogP contribution in [0.5, 0.6) is 0 Å². The molecule has 3 aromatic rings. The number of anilines is 2. The van der Waals surface area contributed by atoms with Gasteiger partial charge in [0.2, 0.25) is 5.89 Å². The highest BCUT2D eigenvalue weighted by molar-refractivity contribution is 5.94. The van der Waals surface area contributed by atoms with Gasteiger partial charge in [0.05, 0.1) is 11.5 Å². The number of likely N-dealkylation sites (tertiary alicyclic amines) is 1. The third-order valence-corrected chi connectivity index (χ3v) is 4.54. The number of nitrogens with zero attached hydrogens (tertiary/aromatic N) is 5. The molecule has 1 fully saturated rings. The molecule has 7 heteroatoms. The summed E-state index contributed by atoms with van der Waals surface area (Å²) in [5, 5.41) is 3.79. The number of carbonyl (C=O) groups excluding carboxylic acids is 1. The Morgan fingerprint density at radius 1 is 1.19 bits per heavy atom. The Morgan fingerprint density at radius 3 is 2.58 bits per heavy atom. The Labute approximate surface area is 151 Å². The van der Waals surface area contributed by atoms with E-state index in [4.69, 9.17) is 4.52 Å². The lowest BCUT2D eigenvalue weighted by atomic mass is 9.99. The second-order valence-electron chi connectivity index (χ2n) is 6.39. The molecular weight excluding hydrogens is 330 g/mol. The van der Waals surface area contributed by atoms with Crippen molar-refractivity contribution in [3.8, 4) is 0 Å². The van der Waals surface area contributed by atoms with Crippen LogP contribution in [-0.2, 0) is 0 Å². The summed E-state index contributed by atoms with van der Waals surface area (Å²) in [5.41, 5.74) is 1.62. The molecule has 132 valence electrons. The molecule has 4 rings (SSSR count). The fourth-order valence-electron chi connectivity index (χ4n) is 2.96. The fourth-order valence-corrected chi connectivity index (χ4v) is 2.96. The van der Waals surface area contributed by atoms with E-state index in [9.17, 15) is 4.79 Å². The lowest BCUT2D eigenvalue weighted by Gasteiger charge is -2.37. The highest BCUT2D eigenvalue weighted by atomic mass is 16.5. The number of aryl methyl sites for hydroxylation is 1. The number of hydrogen-bond acceptors (Lipinski definition) is 6. The van der Waals surface area contributed by atoms with Crippen LogP contribution < -0.4 is 4.90 Å². The summed E-state index contributed by atoms with van der Waals surface area (Å²) >= 11 is 0. The van der Waals surface area contributed by atoms with Gasteiger partial charge in [-0.3, -0.25) is 4.79 Å². The van der Waals surface area contributed by atoms with E-state index < -0.39 is 0 Å². The van der Waals surface area contributed by atoms with E-state index in [1.54, 1.807) is 18.0 Å². The largest absolute Gasteiger partial charge is 0.339 e. The second kappa shape index (κ2) is 6.59. The fraction of sp³-hybridized carbons (Fsp3) is 0.263. The van der Waals surface area contributed by atoms with Gasteiger partial charge in [0, 0.05) is 32.0 Å². The number of benzene rings is 1. The summed E-state index contributed by atoms with van der Waals surface area (Å²) in [6, 6.07) is 13.6. The number of rotatable bonds is 4.